The summed E-state index contributed by atoms with van der Waals surface area (Å²) in [7, 11) is 1.81. The molecule has 0 spiro atoms. The highest BCUT2D eigenvalue weighted by atomic mass is 79.9. The average Bonchev–Trinajstić information content (AvgIpc) is 3.07. The lowest BCUT2D eigenvalue weighted by Gasteiger charge is -2.31. The van der Waals surface area contributed by atoms with Gasteiger partial charge in [0.05, 0.1) is 5.41 Å². The molecule has 2 atom stereocenters. The van der Waals surface area contributed by atoms with E-state index in [4.69, 9.17) is 9.51 Å². The van der Waals surface area contributed by atoms with Gasteiger partial charge in [0, 0.05) is 17.9 Å². The van der Waals surface area contributed by atoms with E-state index in [1.165, 1.54) is 0 Å². The third-order valence-electron chi connectivity index (χ3n) is 5.52. The molecule has 3 rings (SSSR count). The van der Waals surface area contributed by atoms with Crippen LogP contribution < -0.4 is 0 Å². The SMILES string of the molecule is CC(C)C(C)(c1ccc(Br)cc1)c1noc(C2CCCC(=O)N2C)n1. The van der Waals surface area contributed by atoms with Crippen LogP contribution in [0.1, 0.15) is 63.4 Å². The molecule has 1 aromatic heterocycles. The number of hydrogen-bond acceptors (Lipinski definition) is 4. The van der Waals surface area contributed by atoms with Crippen molar-refractivity contribution in [1.29, 1.82) is 0 Å². The minimum atomic E-state index is -0.361. The molecule has 1 aliphatic heterocycles. The van der Waals surface area contributed by atoms with E-state index in [-0.39, 0.29) is 23.3 Å². The lowest BCUT2D eigenvalue weighted by atomic mass is 9.73. The molecule has 0 N–H and O–H groups in total. The molecule has 0 radical (unpaired) electrons. The number of halogens is 1. The fourth-order valence-electron chi connectivity index (χ4n) is 3.38. The second-order valence-electron chi connectivity index (χ2n) is 7.23. The fraction of sp³-hybridized carbons (Fsp3) is 0.526. The number of hydrogen-bond donors (Lipinski definition) is 0. The highest BCUT2D eigenvalue weighted by Gasteiger charge is 2.39. The molecule has 6 heteroatoms. The van der Waals surface area contributed by atoms with Crippen LogP contribution in [0.3, 0.4) is 0 Å². The van der Waals surface area contributed by atoms with E-state index in [0.717, 1.165) is 22.9 Å². The number of benzene rings is 1. The van der Waals surface area contributed by atoms with Gasteiger partial charge < -0.3 is 9.42 Å². The van der Waals surface area contributed by atoms with Crippen molar-refractivity contribution < 1.29 is 9.32 Å². The molecule has 1 aliphatic rings. The Morgan fingerprint density at radius 1 is 1.32 bits per heavy atom. The Balaban J connectivity index is 1.97. The summed E-state index contributed by atoms with van der Waals surface area (Å²) in [5.74, 6) is 1.63. The summed E-state index contributed by atoms with van der Waals surface area (Å²) in [6.07, 6.45) is 2.32. The van der Waals surface area contributed by atoms with Crippen molar-refractivity contribution in [3.05, 3.63) is 46.0 Å². The van der Waals surface area contributed by atoms with Crippen LogP contribution in [0.4, 0.5) is 0 Å². The molecule has 1 aromatic carbocycles. The quantitative estimate of drug-likeness (QED) is 0.752. The number of nitrogens with zero attached hydrogens (tertiary/aromatic N) is 3. The summed E-state index contributed by atoms with van der Waals surface area (Å²) < 4.78 is 6.64. The first-order chi connectivity index (χ1) is 11.8. The number of aromatic nitrogens is 2. The lowest BCUT2D eigenvalue weighted by molar-refractivity contribution is -0.135. The number of piperidine rings is 1. The van der Waals surface area contributed by atoms with Crippen molar-refractivity contribution in [3.8, 4) is 0 Å². The summed E-state index contributed by atoms with van der Waals surface area (Å²) >= 11 is 3.49. The maximum Gasteiger partial charge on any atom is 0.249 e. The van der Waals surface area contributed by atoms with Crippen LogP contribution in [0.2, 0.25) is 0 Å². The van der Waals surface area contributed by atoms with E-state index in [1.54, 1.807) is 4.90 Å². The van der Waals surface area contributed by atoms with Gasteiger partial charge in [-0.2, -0.15) is 4.98 Å². The van der Waals surface area contributed by atoms with E-state index in [9.17, 15) is 4.79 Å². The zero-order chi connectivity index (χ0) is 18.2. The predicted molar refractivity (Wildman–Crippen MR) is 99.1 cm³/mol. The highest BCUT2D eigenvalue weighted by Crippen LogP contribution is 2.39. The summed E-state index contributed by atoms with van der Waals surface area (Å²) in [6.45, 7) is 6.47. The average molecular weight is 406 g/mol. The molecule has 2 heterocycles. The largest absolute Gasteiger partial charge is 0.337 e. The standard InChI is InChI=1S/C19H24BrN3O2/c1-12(2)19(3,13-8-10-14(20)11-9-13)18-21-17(25-22-18)15-6-5-7-16(24)23(15)4/h8-12,15H,5-7H2,1-4H3. The number of amides is 1. The number of likely N-dealkylation sites (tertiary alicyclic amines) is 1. The van der Waals surface area contributed by atoms with Gasteiger partial charge in [0.1, 0.15) is 6.04 Å². The Morgan fingerprint density at radius 2 is 2.00 bits per heavy atom. The molecule has 1 fully saturated rings. The van der Waals surface area contributed by atoms with Crippen LogP contribution in [0, 0.1) is 5.92 Å². The van der Waals surface area contributed by atoms with Crippen molar-refractivity contribution in [2.45, 2.75) is 51.5 Å². The van der Waals surface area contributed by atoms with Gasteiger partial charge in [0.25, 0.3) is 0 Å². The van der Waals surface area contributed by atoms with Gasteiger partial charge in [-0.1, -0.05) is 47.1 Å². The third-order valence-corrected chi connectivity index (χ3v) is 6.05. The number of rotatable bonds is 4. The monoisotopic (exact) mass is 405 g/mol. The molecule has 2 aromatic rings. The highest BCUT2D eigenvalue weighted by molar-refractivity contribution is 9.10. The Morgan fingerprint density at radius 3 is 2.64 bits per heavy atom. The van der Waals surface area contributed by atoms with Crippen molar-refractivity contribution in [1.82, 2.24) is 15.0 Å². The third kappa shape index (κ3) is 3.24. The van der Waals surface area contributed by atoms with Gasteiger partial charge >= 0.3 is 0 Å². The first-order valence-corrected chi connectivity index (χ1v) is 9.49. The Labute approximate surface area is 156 Å². The van der Waals surface area contributed by atoms with Crippen molar-refractivity contribution in [2.24, 2.45) is 5.92 Å². The molecule has 134 valence electrons. The van der Waals surface area contributed by atoms with Crippen LogP contribution in [0.15, 0.2) is 33.3 Å². The van der Waals surface area contributed by atoms with Crippen molar-refractivity contribution in [3.63, 3.8) is 0 Å². The molecular formula is C19H24BrN3O2. The Kier molecular flexibility index (Phi) is 5.00. The van der Waals surface area contributed by atoms with Crippen LogP contribution in [-0.4, -0.2) is 28.0 Å². The summed E-state index contributed by atoms with van der Waals surface area (Å²) in [5, 5.41) is 4.31. The minimum Gasteiger partial charge on any atom is -0.337 e. The van der Waals surface area contributed by atoms with Gasteiger partial charge in [-0.05, 0) is 43.4 Å². The van der Waals surface area contributed by atoms with E-state index in [1.807, 2.05) is 19.2 Å². The molecule has 1 amide bonds. The van der Waals surface area contributed by atoms with E-state index in [0.29, 0.717) is 18.1 Å². The summed E-state index contributed by atoms with van der Waals surface area (Å²) in [4.78, 5) is 18.4. The maximum atomic E-state index is 12.0. The predicted octanol–water partition coefficient (Wildman–Crippen LogP) is 4.48. The summed E-state index contributed by atoms with van der Waals surface area (Å²) in [5.41, 5.74) is 0.783. The zero-order valence-electron chi connectivity index (χ0n) is 15.1. The molecule has 0 bridgehead atoms. The normalized spacial score (nSPS) is 20.8. The Bertz CT molecular complexity index is 756. The van der Waals surface area contributed by atoms with Crippen molar-refractivity contribution >= 4 is 21.8 Å². The second-order valence-corrected chi connectivity index (χ2v) is 8.15. The van der Waals surface area contributed by atoms with Gasteiger partial charge in [0.15, 0.2) is 5.82 Å². The van der Waals surface area contributed by atoms with Crippen molar-refractivity contribution in [2.75, 3.05) is 7.05 Å². The van der Waals surface area contributed by atoms with Gasteiger partial charge in [-0.15, -0.1) is 0 Å². The maximum absolute atomic E-state index is 12.0. The van der Waals surface area contributed by atoms with Gasteiger partial charge in [0.2, 0.25) is 11.8 Å². The first-order valence-electron chi connectivity index (χ1n) is 8.69. The molecule has 1 saturated heterocycles. The lowest BCUT2D eigenvalue weighted by Crippen LogP contribution is -2.35. The molecule has 2 unspecified atom stereocenters. The van der Waals surface area contributed by atoms with Gasteiger partial charge in [-0.3, -0.25) is 4.79 Å². The van der Waals surface area contributed by atoms with Crippen LogP contribution in [0.25, 0.3) is 0 Å². The van der Waals surface area contributed by atoms with Crippen LogP contribution in [0.5, 0.6) is 0 Å². The van der Waals surface area contributed by atoms with Gasteiger partial charge in [-0.25, -0.2) is 0 Å². The van der Waals surface area contributed by atoms with E-state index < -0.39 is 0 Å². The number of carbonyl (C=O) groups is 1. The van der Waals surface area contributed by atoms with E-state index in [2.05, 4.69) is 54.0 Å². The Hall–Kier alpha value is -1.69. The molecule has 0 saturated carbocycles. The fourth-order valence-corrected chi connectivity index (χ4v) is 3.64. The minimum absolute atomic E-state index is 0.121. The smallest absolute Gasteiger partial charge is 0.249 e. The molecular weight excluding hydrogens is 382 g/mol. The zero-order valence-corrected chi connectivity index (χ0v) is 16.7. The molecule has 25 heavy (non-hydrogen) atoms. The first kappa shape index (κ1) is 18.1. The molecule has 5 nitrogen and oxygen atoms in total. The summed E-state index contributed by atoms with van der Waals surface area (Å²) in [6, 6.07) is 8.13. The topological polar surface area (TPSA) is 59.2 Å². The number of carbonyl (C=O) groups excluding carboxylic acids is 1. The van der Waals surface area contributed by atoms with E-state index >= 15 is 0 Å². The van der Waals surface area contributed by atoms with Crippen LogP contribution in [-0.2, 0) is 10.2 Å². The molecule has 0 aliphatic carbocycles. The second kappa shape index (κ2) is 6.90. The van der Waals surface area contributed by atoms with Crippen LogP contribution >= 0.6 is 15.9 Å².